The molecule has 106 valence electrons. The molecule has 2 unspecified atom stereocenters. The number of anilines is 2. The Kier molecular flexibility index (Phi) is 4.07. The van der Waals surface area contributed by atoms with Crippen LogP contribution in [0.25, 0.3) is 0 Å². The lowest BCUT2D eigenvalue weighted by Crippen LogP contribution is -2.36. The molecule has 0 heterocycles. The van der Waals surface area contributed by atoms with E-state index in [1.165, 1.54) is 30.6 Å². The van der Waals surface area contributed by atoms with Gasteiger partial charge in [0, 0.05) is 31.5 Å². The normalized spacial score (nSPS) is 25.9. The van der Waals surface area contributed by atoms with Gasteiger partial charge in [0.2, 0.25) is 0 Å². The second-order valence-corrected chi connectivity index (χ2v) is 7.08. The first-order valence-electron chi connectivity index (χ1n) is 7.41. The summed E-state index contributed by atoms with van der Waals surface area (Å²) in [6, 6.07) is 9.32. The predicted octanol–water partition coefficient (Wildman–Crippen LogP) is 4.38. The number of rotatable bonds is 3. The largest absolute Gasteiger partial charge is 0.382 e. The highest BCUT2D eigenvalue weighted by Crippen LogP contribution is 2.39. The Hall–Kier alpha value is -1.18. The molecular formula is C17H28N2. The molecule has 0 aromatic heterocycles. The van der Waals surface area contributed by atoms with Crippen LogP contribution >= 0.6 is 0 Å². The van der Waals surface area contributed by atoms with Gasteiger partial charge in [0.1, 0.15) is 0 Å². The highest BCUT2D eigenvalue weighted by Gasteiger charge is 2.32. The van der Waals surface area contributed by atoms with E-state index in [4.69, 9.17) is 0 Å². The van der Waals surface area contributed by atoms with E-state index in [0.717, 1.165) is 5.92 Å². The molecule has 1 aromatic rings. The summed E-state index contributed by atoms with van der Waals surface area (Å²) in [5.41, 5.74) is 3.03. The van der Waals surface area contributed by atoms with Crippen molar-refractivity contribution in [2.45, 2.75) is 46.1 Å². The summed E-state index contributed by atoms with van der Waals surface area (Å²) in [4.78, 5) is 2.15. The Morgan fingerprint density at radius 3 is 2.63 bits per heavy atom. The summed E-state index contributed by atoms with van der Waals surface area (Å²) in [5, 5.41) is 3.74. The molecule has 2 heteroatoms. The van der Waals surface area contributed by atoms with Gasteiger partial charge in [0.05, 0.1) is 0 Å². The van der Waals surface area contributed by atoms with Gasteiger partial charge in [-0.15, -0.1) is 0 Å². The van der Waals surface area contributed by atoms with Crippen LogP contribution < -0.4 is 10.2 Å². The molecular weight excluding hydrogens is 232 g/mol. The number of nitrogens with one attached hydrogen (secondary N) is 1. The number of nitrogens with zero attached hydrogens (tertiary/aromatic N) is 1. The quantitative estimate of drug-likeness (QED) is 0.867. The van der Waals surface area contributed by atoms with Gasteiger partial charge in [0.25, 0.3) is 0 Å². The van der Waals surface area contributed by atoms with Crippen LogP contribution in [-0.4, -0.2) is 20.1 Å². The lowest BCUT2D eigenvalue weighted by atomic mass is 9.70. The third-order valence-corrected chi connectivity index (χ3v) is 4.41. The fourth-order valence-electron chi connectivity index (χ4n) is 3.25. The molecule has 2 rings (SSSR count). The van der Waals surface area contributed by atoms with Gasteiger partial charge in [-0.1, -0.05) is 26.8 Å². The molecule has 0 radical (unpaired) electrons. The SMILES string of the molecule is CC1CC(C)(C)CCC1Nc1cccc(N(C)C)c1. The zero-order chi connectivity index (χ0) is 14.0. The lowest BCUT2D eigenvalue weighted by molar-refractivity contribution is 0.177. The smallest absolute Gasteiger partial charge is 0.0381 e. The molecule has 1 aliphatic carbocycles. The summed E-state index contributed by atoms with van der Waals surface area (Å²) in [5.74, 6) is 0.742. The zero-order valence-corrected chi connectivity index (χ0v) is 13.0. The summed E-state index contributed by atoms with van der Waals surface area (Å²) in [7, 11) is 4.18. The van der Waals surface area contributed by atoms with Crippen LogP contribution in [0.5, 0.6) is 0 Å². The lowest BCUT2D eigenvalue weighted by Gasteiger charge is -2.40. The molecule has 1 N–H and O–H groups in total. The molecule has 19 heavy (non-hydrogen) atoms. The fraction of sp³-hybridized carbons (Fsp3) is 0.647. The average Bonchev–Trinajstić information content (AvgIpc) is 2.32. The Bertz CT molecular complexity index is 423. The maximum atomic E-state index is 3.74. The van der Waals surface area contributed by atoms with Gasteiger partial charge < -0.3 is 10.2 Å². The van der Waals surface area contributed by atoms with Crippen LogP contribution in [0.3, 0.4) is 0 Å². The van der Waals surface area contributed by atoms with Crippen LogP contribution in [0.4, 0.5) is 11.4 Å². The van der Waals surface area contributed by atoms with Gasteiger partial charge >= 0.3 is 0 Å². The van der Waals surface area contributed by atoms with Crippen molar-refractivity contribution < 1.29 is 0 Å². The van der Waals surface area contributed by atoms with Crippen LogP contribution in [0.2, 0.25) is 0 Å². The van der Waals surface area contributed by atoms with Gasteiger partial charge in [-0.3, -0.25) is 0 Å². The standard InChI is InChI=1S/C17H28N2/c1-13-12-17(2,3)10-9-16(13)18-14-7-6-8-15(11-14)19(4)5/h6-8,11,13,16,18H,9-10,12H2,1-5H3. The van der Waals surface area contributed by atoms with E-state index in [2.05, 4.69) is 69.3 Å². The van der Waals surface area contributed by atoms with E-state index in [1.807, 2.05) is 0 Å². The van der Waals surface area contributed by atoms with E-state index in [9.17, 15) is 0 Å². The Morgan fingerprint density at radius 1 is 1.26 bits per heavy atom. The third kappa shape index (κ3) is 3.65. The van der Waals surface area contributed by atoms with Crippen LogP contribution in [-0.2, 0) is 0 Å². The van der Waals surface area contributed by atoms with Gasteiger partial charge in [-0.25, -0.2) is 0 Å². The zero-order valence-electron chi connectivity index (χ0n) is 13.0. The summed E-state index contributed by atoms with van der Waals surface area (Å²) < 4.78 is 0. The van der Waals surface area contributed by atoms with Crippen molar-refractivity contribution in [2.75, 3.05) is 24.3 Å². The first-order chi connectivity index (χ1) is 8.87. The first-order valence-corrected chi connectivity index (χ1v) is 7.41. The van der Waals surface area contributed by atoms with E-state index >= 15 is 0 Å². The first kappa shape index (κ1) is 14.2. The minimum absolute atomic E-state index is 0.517. The van der Waals surface area contributed by atoms with Crippen molar-refractivity contribution in [3.05, 3.63) is 24.3 Å². The van der Waals surface area contributed by atoms with Crippen LogP contribution in [0, 0.1) is 11.3 Å². The molecule has 0 saturated heterocycles. The minimum atomic E-state index is 0.517. The molecule has 1 saturated carbocycles. The van der Waals surface area contributed by atoms with E-state index < -0.39 is 0 Å². The molecule has 2 nitrogen and oxygen atoms in total. The van der Waals surface area contributed by atoms with Crippen molar-refractivity contribution in [3.63, 3.8) is 0 Å². The summed E-state index contributed by atoms with van der Waals surface area (Å²) >= 11 is 0. The number of hydrogen-bond donors (Lipinski definition) is 1. The maximum absolute atomic E-state index is 3.74. The Labute approximate surface area is 118 Å². The summed E-state index contributed by atoms with van der Waals surface area (Å²) in [6.45, 7) is 7.17. The Morgan fingerprint density at radius 2 is 2.00 bits per heavy atom. The molecule has 0 amide bonds. The fourth-order valence-corrected chi connectivity index (χ4v) is 3.25. The molecule has 1 aromatic carbocycles. The van der Waals surface area contributed by atoms with Gasteiger partial charge in [-0.2, -0.15) is 0 Å². The number of hydrogen-bond acceptors (Lipinski definition) is 2. The highest BCUT2D eigenvalue weighted by molar-refractivity contribution is 5.57. The van der Waals surface area contributed by atoms with E-state index in [-0.39, 0.29) is 0 Å². The van der Waals surface area contributed by atoms with Crippen molar-refractivity contribution in [2.24, 2.45) is 11.3 Å². The highest BCUT2D eigenvalue weighted by atomic mass is 15.1. The summed E-state index contributed by atoms with van der Waals surface area (Å²) in [6.07, 6.45) is 3.92. The monoisotopic (exact) mass is 260 g/mol. The van der Waals surface area contributed by atoms with Crippen molar-refractivity contribution >= 4 is 11.4 Å². The van der Waals surface area contributed by atoms with Crippen LogP contribution in [0.1, 0.15) is 40.0 Å². The second kappa shape index (κ2) is 5.44. The third-order valence-electron chi connectivity index (χ3n) is 4.41. The van der Waals surface area contributed by atoms with Crippen LogP contribution in [0.15, 0.2) is 24.3 Å². The number of benzene rings is 1. The minimum Gasteiger partial charge on any atom is -0.382 e. The maximum Gasteiger partial charge on any atom is 0.0381 e. The molecule has 2 atom stereocenters. The molecule has 0 aliphatic heterocycles. The van der Waals surface area contributed by atoms with Gasteiger partial charge in [-0.05, 0) is 48.8 Å². The van der Waals surface area contributed by atoms with Crippen molar-refractivity contribution in [1.29, 1.82) is 0 Å². The molecule has 0 bridgehead atoms. The van der Waals surface area contributed by atoms with Gasteiger partial charge in [0.15, 0.2) is 0 Å². The molecule has 0 spiro atoms. The Balaban J connectivity index is 2.03. The topological polar surface area (TPSA) is 15.3 Å². The average molecular weight is 260 g/mol. The van der Waals surface area contributed by atoms with Crippen molar-refractivity contribution in [3.8, 4) is 0 Å². The molecule has 1 fully saturated rings. The molecule has 1 aliphatic rings. The predicted molar refractivity (Wildman–Crippen MR) is 85.0 cm³/mol. The van der Waals surface area contributed by atoms with E-state index in [1.54, 1.807) is 0 Å². The van der Waals surface area contributed by atoms with E-state index in [0.29, 0.717) is 11.5 Å². The van der Waals surface area contributed by atoms with Crippen molar-refractivity contribution in [1.82, 2.24) is 0 Å². The second-order valence-electron chi connectivity index (χ2n) is 7.08.